The molecular weight excluding hydrogens is 142 g/mol. The van der Waals surface area contributed by atoms with Gasteiger partial charge in [-0.15, -0.1) is 0 Å². The summed E-state index contributed by atoms with van der Waals surface area (Å²) in [4.78, 5) is 1.82. The Labute approximate surface area is 46.4 Å². The van der Waals surface area contributed by atoms with Crippen LogP contribution in [0.5, 0.6) is 0 Å². The van der Waals surface area contributed by atoms with Crippen molar-refractivity contribution < 1.29 is 0 Å². The smallest absolute Gasteiger partial charge is 0.00423 e. The zero-order chi connectivity index (χ0) is 4.83. The van der Waals surface area contributed by atoms with Crippen LogP contribution in [-0.2, 0) is 0 Å². The first kappa shape index (κ1) is 6.18. The minimum Gasteiger partial charge on any atom is -0.330 e. The molecule has 0 amide bonds. The van der Waals surface area contributed by atoms with Crippen LogP contribution in [0.1, 0.15) is 6.42 Å². The highest BCUT2D eigenvalue weighted by molar-refractivity contribution is 9.11. The summed E-state index contributed by atoms with van der Waals surface area (Å²) in [6, 6.07) is 0. The monoisotopic (exact) mass is 149 g/mol. The lowest BCUT2D eigenvalue weighted by Gasteiger charge is -1.76. The predicted molar refractivity (Wildman–Crippen MR) is 31.7 cm³/mol. The lowest BCUT2D eigenvalue weighted by atomic mass is 10.4. The van der Waals surface area contributed by atoms with E-state index in [9.17, 15) is 0 Å². The lowest BCUT2D eigenvalue weighted by molar-refractivity contribution is 1.01. The molecular formula is C4H8BrN. The van der Waals surface area contributed by atoms with Crippen LogP contribution < -0.4 is 5.73 Å². The molecule has 0 rings (SSSR count). The third-order valence-electron chi connectivity index (χ3n) is 0.422. The Bertz CT molecular complexity index is 42.8. The van der Waals surface area contributed by atoms with Gasteiger partial charge in [-0.2, -0.15) is 0 Å². The van der Waals surface area contributed by atoms with Gasteiger partial charge in [0.05, 0.1) is 0 Å². The maximum atomic E-state index is 5.14. The first-order chi connectivity index (χ1) is 2.91. The van der Waals surface area contributed by atoms with E-state index in [1.807, 2.05) is 11.1 Å². The van der Waals surface area contributed by atoms with E-state index in [0.29, 0.717) is 0 Å². The molecule has 0 aromatic heterocycles. The standard InChI is InChI=1S/C4H8BrN/c5-3-1-2-4-6/h1,3H,2,4,6H2/b3-1+. The third kappa shape index (κ3) is 4.18. The molecule has 0 bridgehead atoms. The largest absolute Gasteiger partial charge is 0.330 e. The van der Waals surface area contributed by atoms with E-state index < -0.39 is 0 Å². The molecule has 0 aromatic rings. The fourth-order valence-corrected chi connectivity index (χ4v) is 0.424. The normalized spacial score (nSPS) is 10.3. The van der Waals surface area contributed by atoms with Crippen LogP contribution in [0.25, 0.3) is 0 Å². The van der Waals surface area contributed by atoms with E-state index in [1.54, 1.807) is 0 Å². The molecule has 0 aliphatic heterocycles. The quantitative estimate of drug-likeness (QED) is 0.629. The van der Waals surface area contributed by atoms with Crippen molar-refractivity contribution >= 4 is 15.9 Å². The lowest BCUT2D eigenvalue weighted by Crippen LogP contribution is -1.94. The second-order valence-corrected chi connectivity index (χ2v) is 1.47. The number of halogens is 1. The summed E-state index contributed by atoms with van der Waals surface area (Å²) in [6.07, 6.45) is 2.94. The zero-order valence-corrected chi connectivity index (χ0v) is 5.11. The van der Waals surface area contributed by atoms with Crippen LogP contribution in [0.4, 0.5) is 0 Å². The topological polar surface area (TPSA) is 26.0 Å². The minimum atomic E-state index is 0.738. The second-order valence-electron chi connectivity index (χ2n) is 0.939. The van der Waals surface area contributed by atoms with Gasteiger partial charge in [0, 0.05) is 0 Å². The summed E-state index contributed by atoms with van der Waals surface area (Å²) in [6.45, 7) is 0.738. The van der Waals surface area contributed by atoms with Crippen molar-refractivity contribution in [2.45, 2.75) is 6.42 Å². The maximum absolute atomic E-state index is 5.14. The predicted octanol–water partition coefficient (Wildman–Crippen LogP) is 1.24. The summed E-state index contributed by atoms with van der Waals surface area (Å²) in [5.41, 5.74) is 5.14. The Hall–Kier alpha value is 0.180. The van der Waals surface area contributed by atoms with Crippen molar-refractivity contribution in [2.75, 3.05) is 6.54 Å². The highest BCUT2D eigenvalue weighted by Crippen LogP contribution is 1.83. The fraction of sp³-hybridized carbons (Fsp3) is 0.500. The molecule has 36 valence electrons. The molecule has 0 aliphatic carbocycles. The molecule has 2 N–H and O–H groups in total. The molecule has 0 heterocycles. The highest BCUT2D eigenvalue weighted by Gasteiger charge is 1.65. The Balaban J connectivity index is 2.66. The van der Waals surface area contributed by atoms with Gasteiger partial charge in [-0.3, -0.25) is 0 Å². The molecule has 0 fully saturated rings. The first-order valence-corrected chi connectivity index (χ1v) is 2.78. The van der Waals surface area contributed by atoms with Gasteiger partial charge in [-0.1, -0.05) is 22.0 Å². The van der Waals surface area contributed by atoms with E-state index in [1.165, 1.54) is 0 Å². The van der Waals surface area contributed by atoms with Crippen molar-refractivity contribution in [1.29, 1.82) is 0 Å². The number of hydrogen-bond donors (Lipinski definition) is 1. The van der Waals surface area contributed by atoms with Gasteiger partial charge in [0.2, 0.25) is 0 Å². The molecule has 0 aromatic carbocycles. The van der Waals surface area contributed by atoms with Crippen LogP contribution in [0.3, 0.4) is 0 Å². The Morgan fingerprint density at radius 2 is 2.33 bits per heavy atom. The molecule has 0 aliphatic rings. The molecule has 0 unspecified atom stereocenters. The minimum absolute atomic E-state index is 0.738. The molecule has 6 heavy (non-hydrogen) atoms. The Morgan fingerprint density at radius 1 is 1.67 bits per heavy atom. The van der Waals surface area contributed by atoms with Gasteiger partial charge in [0.25, 0.3) is 0 Å². The van der Waals surface area contributed by atoms with Crippen LogP contribution in [0, 0.1) is 0 Å². The average Bonchev–Trinajstić information content (AvgIpc) is 1.61. The van der Waals surface area contributed by atoms with Crippen LogP contribution in [0.2, 0.25) is 0 Å². The van der Waals surface area contributed by atoms with Gasteiger partial charge in [-0.05, 0) is 18.0 Å². The molecule has 2 heteroatoms. The van der Waals surface area contributed by atoms with Crippen LogP contribution >= 0.6 is 15.9 Å². The average molecular weight is 150 g/mol. The van der Waals surface area contributed by atoms with Gasteiger partial charge in [0.15, 0.2) is 0 Å². The van der Waals surface area contributed by atoms with Crippen molar-refractivity contribution in [1.82, 2.24) is 0 Å². The van der Waals surface area contributed by atoms with Gasteiger partial charge in [-0.25, -0.2) is 0 Å². The molecule has 0 saturated carbocycles. The summed E-state index contributed by atoms with van der Waals surface area (Å²) in [5.74, 6) is 0. The second kappa shape index (κ2) is 5.18. The van der Waals surface area contributed by atoms with Crippen molar-refractivity contribution in [2.24, 2.45) is 5.73 Å². The van der Waals surface area contributed by atoms with E-state index in [2.05, 4.69) is 15.9 Å². The van der Waals surface area contributed by atoms with Crippen LogP contribution in [-0.4, -0.2) is 6.54 Å². The fourth-order valence-electron chi connectivity index (χ4n) is 0.159. The van der Waals surface area contributed by atoms with Crippen LogP contribution in [0.15, 0.2) is 11.1 Å². The summed E-state index contributed by atoms with van der Waals surface area (Å²) in [5, 5.41) is 0. The Kier molecular flexibility index (Phi) is 5.34. The number of hydrogen-bond acceptors (Lipinski definition) is 1. The summed E-state index contributed by atoms with van der Waals surface area (Å²) >= 11 is 3.11. The van der Waals surface area contributed by atoms with E-state index in [4.69, 9.17) is 5.73 Å². The van der Waals surface area contributed by atoms with Crippen molar-refractivity contribution in [3.05, 3.63) is 11.1 Å². The SMILES string of the molecule is NCC/C=C/Br. The molecule has 0 spiro atoms. The summed E-state index contributed by atoms with van der Waals surface area (Å²) in [7, 11) is 0. The van der Waals surface area contributed by atoms with E-state index in [0.717, 1.165) is 13.0 Å². The number of rotatable bonds is 2. The molecule has 0 radical (unpaired) electrons. The van der Waals surface area contributed by atoms with E-state index >= 15 is 0 Å². The zero-order valence-electron chi connectivity index (χ0n) is 3.52. The molecule has 0 atom stereocenters. The Morgan fingerprint density at radius 3 is 2.50 bits per heavy atom. The maximum Gasteiger partial charge on any atom is -0.00423 e. The molecule has 1 nitrogen and oxygen atoms in total. The summed E-state index contributed by atoms with van der Waals surface area (Å²) < 4.78 is 0. The first-order valence-electron chi connectivity index (χ1n) is 1.87. The molecule has 0 saturated heterocycles. The van der Waals surface area contributed by atoms with Gasteiger partial charge in [0.1, 0.15) is 0 Å². The third-order valence-corrected chi connectivity index (χ3v) is 0.796. The van der Waals surface area contributed by atoms with Crippen molar-refractivity contribution in [3.63, 3.8) is 0 Å². The van der Waals surface area contributed by atoms with E-state index in [-0.39, 0.29) is 0 Å². The van der Waals surface area contributed by atoms with Gasteiger partial charge < -0.3 is 5.73 Å². The van der Waals surface area contributed by atoms with Crippen molar-refractivity contribution in [3.8, 4) is 0 Å². The highest BCUT2D eigenvalue weighted by atomic mass is 79.9. The number of nitrogens with two attached hydrogens (primary N) is 1. The van der Waals surface area contributed by atoms with Gasteiger partial charge >= 0.3 is 0 Å².